The highest BCUT2D eigenvalue weighted by atomic mass is 16.5. The highest BCUT2D eigenvalue weighted by Gasteiger charge is 2.43. The van der Waals surface area contributed by atoms with Crippen molar-refractivity contribution in [2.24, 2.45) is 5.92 Å². The number of carbonyl (C=O) groups excluding carboxylic acids is 2. The lowest BCUT2D eigenvalue weighted by molar-refractivity contribution is -0.131. The number of ether oxygens (including phenoxy) is 1. The number of carbonyl (C=O) groups is 2. The van der Waals surface area contributed by atoms with Crippen molar-refractivity contribution in [3.05, 3.63) is 71.4 Å². The molecule has 0 aliphatic carbocycles. The van der Waals surface area contributed by atoms with E-state index in [1.165, 1.54) is 0 Å². The first-order valence-corrected chi connectivity index (χ1v) is 14.0. The number of nitrogens with one attached hydrogen (secondary N) is 2. The molecule has 2 amide bonds. The van der Waals surface area contributed by atoms with Gasteiger partial charge in [0.15, 0.2) is 0 Å². The molecule has 1 saturated heterocycles. The van der Waals surface area contributed by atoms with Gasteiger partial charge in [-0.2, -0.15) is 0 Å². The fourth-order valence-corrected chi connectivity index (χ4v) is 5.87. The average molecular weight is 533 g/mol. The lowest BCUT2D eigenvalue weighted by Crippen LogP contribution is -2.64. The summed E-state index contributed by atoms with van der Waals surface area (Å²) in [5, 5.41) is 13.4. The number of hydrogen-bond donors (Lipinski definition) is 3. The Morgan fingerprint density at radius 2 is 1.90 bits per heavy atom. The second-order valence-electron chi connectivity index (χ2n) is 10.6. The van der Waals surface area contributed by atoms with Crippen LogP contribution in [0.15, 0.2) is 54.6 Å². The maximum Gasteiger partial charge on any atom is 0.252 e. The van der Waals surface area contributed by atoms with Gasteiger partial charge in [0.2, 0.25) is 5.91 Å². The van der Waals surface area contributed by atoms with Crippen LogP contribution in [-0.4, -0.2) is 45.7 Å². The lowest BCUT2D eigenvalue weighted by atomic mass is 9.81. The predicted molar refractivity (Wildman–Crippen MR) is 151 cm³/mol. The van der Waals surface area contributed by atoms with Gasteiger partial charge < -0.3 is 10.1 Å². The molecule has 1 aromatic heterocycles. The number of aryl methyl sites for hydroxylation is 1. The van der Waals surface area contributed by atoms with Crippen LogP contribution in [0.1, 0.15) is 74.0 Å². The number of para-hydroxylation sites is 1. The molecule has 2 aromatic carbocycles. The van der Waals surface area contributed by atoms with E-state index >= 15 is 0 Å². The third-order valence-electron chi connectivity index (χ3n) is 7.58. The molecule has 2 heterocycles. The first kappa shape index (κ1) is 28.5. The third kappa shape index (κ3) is 6.94. The Kier molecular flexibility index (Phi) is 9.54. The molecule has 2 unspecified atom stereocenters. The minimum absolute atomic E-state index is 0.0841. The summed E-state index contributed by atoms with van der Waals surface area (Å²) in [5.74, 6) is 0.250. The maximum atomic E-state index is 13.5. The molecule has 4 rings (SSSR count). The van der Waals surface area contributed by atoms with Gasteiger partial charge in [-0.15, -0.1) is 0 Å². The second kappa shape index (κ2) is 13.0. The van der Waals surface area contributed by atoms with E-state index in [9.17, 15) is 9.59 Å². The number of piperidine rings is 1. The van der Waals surface area contributed by atoms with Crippen molar-refractivity contribution < 1.29 is 19.5 Å². The molecule has 1 aliphatic rings. The van der Waals surface area contributed by atoms with Crippen molar-refractivity contribution >= 4 is 22.7 Å². The molecule has 3 aromatic rings. The van der Waals surface area contributed by atoms with Crippen LogP contribution in [0.5, 0.6) is 5.75 Å². The fraction of sp³-hybridized carbons (Fsp3) is 0.452. The van der Waals surface area contributed by atoms with E-state index in [2.05, 4.69) is 29.0 Å². The van der Waals surface area contributed by atoms with Crippen molar-refractivity contribution in [3.63, 3.8) is 0 Å². The van der Waals surface area contributed by atoms with Crippen molar-refractivity contribution in [2.45, 2.75) is 71.6 Å². The van der Waals surface area contributed by atoms with Gasteiger partial charge in [-0.25, -0.2) is 5.48 Å². The SMILES string of the molecule is CCCN1CCC(CC(=O)NO)CC1(CCC)NC(=O)c1ccc(OCc2cc(C)nc3ccccc23)cc1. The van der Waals surface area contributed by atoms with E-state index in [-0.39, 0.29) is 24.2 Å². The number of benzene rings is 2. The lowest BCUT2D eigenvalue weighted by Gasteiger charge is -2.50. The number of hydrogen-bond acceptors (Lipinski definition) is 6. The van der Waals surface area contributed by atoms with Crippen molar-refractivity contribution in [1.82, 2.24) is 20.7 Å². The van der Waals surface area contributed by atoms with Crippen LogP contribution >= 0.6 is 0 Å². The van der Waals surface area contributed by atoms with Gasteiger partial charge in [0.1, 0.15) is 12.4 Å². The predicted octanol–water partition coefficient (Wildman–Crippen LogP) is 5.37. The van der Waals surface area contributed by atoms with Crippen LogP contribution in [0.4, 0.5) is 0 Å². The molecular weight excluding hydrogens is 492 g/mol. The Morgan fingerprint density at radius 1 is 1.13 bits per heavy atom. The molecular formula is C31H40N4O4. The van der Waals surface area contributed by atoms with E-state index in [0.29, 0.717) is 24.3 Å². The fourth-order valence-electron chi connectivity index (χ4n) is 5.87. The molecule has 8 nitrogen and oxygen atoms in total. The molecule has 208 valence electrons. The van der Waals surface area contributed by atoms with Gasteiger partial charge >= 0.3 is 0 Å². The summed E-state index contributed by atoms with van der Waals surface area (Å²) >= 11 is 0. The zero-order valence-electron chi connectivity index (χ0n) is 23.2. The summed E-state index contributed by atoms with van der Waals surface area (Å²) in [4.78, 5) is 32.3. The average Bonchev–Trinajstić information content (AvgIpc) is 2.93. The first-order chi connectivity index (χ1) is 18.9. The Labute approximate surface area is 230 Å². The van der Waals surface area contributed by atoms with Crippen molar-refractivity contribution in [1.29, 1.82) is 0 Å². The summed E-state index contributed by atoms with van der Waals surface area (Å²) in [6, 6.07) is 17.3. The Morgan fingerprint density at radius 3 is 2.62 bits per heavy atom. The van der Waals surface area contributed by atoms with Crippen LogP contribution in [0.25, 0.3) is 10.9 Å². The minimum atomic E-state index is -0.532. The van der Waals surface area contributed by atoms with Crippen LogP contribution in [0.3, 0.4) is 0 Å². The minimum Gasteiger partial charge on any atom is -0.489 e. The molecule has 2 atom stereocenters. The number of pyridine rings is 1. The number of rotatable bonds is 11. The Hall–Kier alpha value is -3.49. The van der Waals surface area contributed by atoms with E-state index in [1.807, 2.05) is 49.4 Å². The molecule has 1 fully saturated rings. The van der Waals surface area contributed by atoms with Crippen molar-refractivity contribution in [3.8, 4) is 5.75 Å². The first-order valence-electron chi connectivity index (χ1n) is 14.0. The van der Waals surface area contributed by atoms with Crippen LogP contribution < -0.4 is 15.5 Å². The number of fused-ring (bicyclic) bond motifs is 1. The van der Waals surface area contributed by atoms with Gasteiger partial charge in [-0.05, 0) is 74.9 Å². The smallest absolute Gasteiger partial charge is 0.252 e. The van der Waals surface area contributed by atoms with Crippen LogP contribution in [0.2, 0.25) is 0 Å². The molecule has 0 bridgehead atoms. The highest BCUT2D eigenvalue weighted by Crippen LogP contribution is 2.36. The molecule has 1 aliphatic heterocycles. The molecule has 0 spiro atoms. The summed E-state index contributed by atoms with van der Waals surface area (Å²) in [5.41, 5.74) is 4.75. The zero-order chi connectivity index (χ0) is 27.8. The van der Waals surface area contributed by atoms with Gasteiger partial charge in [-0.1, -0.05) is 38.5 Å². The van der Waals surface area contributed by atoms with Crippen LogP contribution in [-0.2, 0) is 11.4 Å². The van der Waals surface area contributed by atoms with E-state index in [1.54, 1.807) is 17.6 Å². The summed E-state index contributed by atoms with van der Waals surface area (Å²) in [7, 11) is 0. The van der Waals surface area contributed by atoms with Crippen LogP contribution in [0, 0.1) is 12.8 Å². The van der Waals surface area contributed by atoms with Gasteiger partial charge in [0.05, 0.1) is 11.2 Å². The second-order valence-corrected chi connectivity index (χ2v) is 10.6. The molecule has 3 N–H and O–H groups in total. The Bertz CT molecular complexity index is 1280. The van der Waals surface area contributed by atoms with E-state index in [0.717, 1.165) is 60.9 Å². The summed E-state index contributed by atoms with van der Waals surface area (Å²) < 4.78 is 6.08. The number of hydroxylamine groups is 1. The van der Waals surface area contributed by atoms with Gasteiger partial charge in [-0.3, -0.25) is 24.7 Å². The molecule has 8 heteroatoms. The molecule has 39 heavy (non-hydrogen) atoms. The normalized spacial score (nSPS) is 19.5. The van der Waals surface area contributed by atoms with E-state index in [4.69, 9.17) is 9.94 Å². The quantitative estimate of drug-likeness (QED) is 0.227. The number of aromatic nitrogens is 1. The third-order valence-corrected chi connectivity index (χ3v) is 7.58. The van der Waals surface area contributed by atoms with Gasteiger partial charge in [0, 0.05) is 41.7 Å². The zero-order valence-corrected chi connectivity index (χ0v) is 23.2. The number of amides is 2. The number of nitrogens with zero attached hydrogens (tertiary/aromatic N) is 2. The summed E-state index contributed by atoms with van der Waals surface area (Å²) in [6.45, 7) is 8.30. The molecule has 0 radical (unpaired) electrons. The molecule has 0 saturated carbocycles. The topological polar surface area (TPSA) is 104 Å². The highest BCUT2D eigenvalue weighted by molar-refractivity contribution is 5.94. The number of likely N-dealkylation sites (tertiary alicyclic amines) is 1. The van der Waals surface area contributed by atoms with Gasteiger partial charge in [0.25, 0.3) is 5.91 Å². The maximum absolute atomic E-state index is 13.5. The standard InChI is InChI=1S/C31H40N4O4/c1-4-15-31(20-23(19-29(36)34-38)14-17-35(31)16-5-2)33-30(37)24-10-12-26(13-11-24)39-21-25-18-22(3)32-28-9-7-6-8-27(25)28/h6-13,18,23,38H,4-5,14-17,19-21H2,1-3H3,(H,33,37)(H,34,36). The monoisotopic (exact) mass is 532 g/mol. The Balaban J connectivity index is 1.47. The summed E-state index contributed by atoms with van der Waals surface area (Å²) in [6.07, 6.45) is 4.43. The van der Waals surface area contributed by atoms with Crippen molar-refractivity contribution in [2.75, 3.05) is 13.1 Å². The largest absolute Gasteiger partial charge is 0.489 e. The van der Waals surface area contributed by atoms with E-state index < -0.39 is 5.66 Å².